The normalized spacial score (nSPS) is 11.1. The van der Waals surface area contributed by atoms with E-state index in [1.807, 2.05) is 0 Å². The van der Waals surface area contributed by atoms with Crippen LogP contribution in [-0.2, 0) is 11.0 Å². The molecule has 1 aromatic rings. The van der Waals surface area contributed by atoms with E-state index in [9.17, 15) is 18.0 Å². The number of hydrogen-bond acceptors (Lipinski definition) is 2. The fourth-order valence-electron chi connectivity index (χ4n) is 1.21. The van der Waals surface area contributed by atoms with E-state index in [2.05, 4.69) is 33.5 Å². The number of nitrogens with two attached hydrogens (primary N) is 1. The zero-order valence-electron chi connectivity index (χ0n) is 8.84. The van der Waals surface area contributed by atoms with Gasteiger partial charge in [-0.25, -0.2) is 0 Å². The molecule has 0 aromatic heterocycles. The van der Waals surface area contributed by atoms with Crippen molar-refractivity contribution in [2.75, 3.05) is 5.32 Å². The number of hydrogen-bond donors (Lipinski definition) is 2. The second-order valence-corrected chi connectivity index (χ2v) is 4.82. The van der Waals surface area contributed by atoms with Gasteiger partial charge in [-0.15, -0.1) is 0 Å². The van der Waals surface area contributed by atoms with Crippen LogP contribution in [0.15, 0.2) is 22.7 Å². The first-order chi connectivity index (χ1) is 8.20. The number of carbonyl (C=O) groups excluding carboxylic acids is 1. The molecular weight excluding hydrogens is 333 g/mol. The first-order valence-electron chi connectivity index (χ1n) is 4.65. The Morgan fingerprint density at radius 2 is 2.06 bits per heavy atom. The van der Waals surface area contributed by atoms with Crippen molar-refractivity contribution in [2.45, 2.75) is 12.6 Å². The Kier molecular flexibility index (Phi) is 4.69. The minimum Gasteiger partial charge on any atom is -0.393 e. The van der Waals surface area contributed by atoms with Gasteiger partial charge in [-0.3, -0.25) is 4.79 Å². The fraction of sp³-hybridized carbons (Fsp3) is 0.200. The van der Waals surface area contributed by atoms with Crippen molar-refractivity contribution >= 4 is 44.7 Å². The van der Waals surface area contributed by atoms with Crippen LogP contribution in [0.5, 0.6) is 0 Å². The van der Waals surface area contributed by atoms with Crippen LogP contribution < -0.4 is 11.1 Å². The van der Waals surface area contributed by atoms with Crippen LogP contribution in [0.3, 0.4) is 0 Å². The predicted octanol–water partition coefficient (Wildman–Crippen LogP) is 3.08. The van der Waals surface area contributed by atoms with Crippen molar-refractivity contribution < 1.29 is 18.0 Å². The van der Waals surface area contributed by atoms with Crippen molar-refractivity contribution in [3.8, 4) is 0 Å². The van der Waals surface area contributed by atoms with E-state index in [0.717, 1.165) is 12.1 Å². The van der Waals surface area contributed by atoms with Crippen LogP contribution in [0.2, 0.25) is 0 Å². The van der Waals surface area contributed by atoms with Gasteiger partial charge in [0.2, 0.25) is 5.91 Å². The number of benzene rings is 1. The quantitative estimate of drug-likeness (QED) is 0.831. The third-order valence-corrected chi connectivity index (χ3v) is 2.53. The molecule has 8 heteroatoms. The molecular formula is C10H8BrF3N2OS. The average molecular weight is 341 g/mol. The van der Waals surface area contributed by atoms with E-state index < -0.39 is 17.6 Å². The highest BCUT2D eigenvalue weighted by atomic mass is 79.9. The van der Waals surface area contributed by atoms with E-state index in [-0.39, 0.29) is 21.6 Å². The Labute approximate surface area is 115 Å². The van der Waals surface area contributed by atoms with E-state index in [4.69, 9.17) is 5.73 Å². The van der Waals surface area contributed by atoms with Gasteiger partial charge in [-0.2, -0.15) is 13.2 Å². The first-order valence-corrected chi connectivity index (χ1v) is 5.85. The van der Waals surface area contributed by atoms with Crippen LogP contribution >= 0.6 is 28.1 Å². The molecule has 0 radical (unpaired) electrons. The van der Waals surface area contributed by atoms with E-state index in [0.29, 0.717) is 0 Å². The maximum Gasteiger partial charge on any atom is 0.418 e. The molecule has 0 saturated heterocycles. The lowest BCUT2D eigenvalue weighted by atomic mass is 10.1. The summed E-state index contributed by atoms with van der Waals surface area (Å²) in [7, 11) is 0. The molecule has 18 heavy (non-hydrogen) atoms. The Bertz CT molecular complexity index is 491. The second-order valence-electron chi connectivity index (χ2n) is 3.38. The summed E-state index contributed by atoms with van der Waals surface area (Å²) < 4.78 is 38.4. The van der Waals surface area contributed by atoms with Crippen molar-refractivity contribution in [3.05, 3.63) is 28.2 Å². The van der Waals surface area contributed by atoms with Crippen molar-refractivity contribution in [1.82, 2.24) is 0 Å². The number of halogens is 4. The summed E-state index contributed by atoms with van der Waals surface area (Å²) in [5.74, 6) is -0.685. The fourth-order valence-corrected chi connectivity index (χ4v) is 1.70. The van der Waals surface area contributed by atoms with Gasteiger partial charge in [-0.05, 0) is 18.2 Å². The second kappa shape index (κ2) is 5.66. The molecule has 98 valence electrons. The van der Waals surface area contributed by atoms with Crippen molar-refractivity contribution in [2.24, 2.45) is 5.73 Å². The highest BCUT2D eigenvalue weighted by Crippen LogP contribution is 2.36. The molecule has 0 saturated carbocycles. The topological polar surface area (TPSA) is 55.1 Å². The maximum atomic E-state index is 12.7. The van der Waals surface area contributed by atoms with Crippen LogP contribution in [0.4, 0.5) is 18.9 Å². The lowest BCUT2D eigenvalue weighted by molar-refractivity contribution is -0.137. The average Bonchev–Trinajstić information content (AvgIpc) is 2.17. The number of alkyl halides is 3. The number of carbonyl (C=O) groups is 1. The van der Waals surface area contributed by atoms with Crippen molar-refractivity contribution in [1.29, 1.82) is 0 Å². The highest BCUT2D eigenvalue weighted by Gasteiger charge is 2.34. The molecule has 0 fully saturated rings. The Morgan fingerprint density at radius 1 is 1.44 bits per heavy atom. The number of rotatable bonds is 3. The molecule has 0 unspecified atom stereocenters. The zero-order valence-corrected chi connectivity index (χ0v) is 11.2. The molecule has 1 rings (SSSR count). The molecule has 3 nitrogen and oxygen atoms in total. The molecule has 0 aliphatic carbocycles. The SMILES string of the molecule is NC(=S)CC(=O)Nc1ccc(Br)cc1C(F)(F)F. The molecule has 3 N–H and O–H groups in total. The Balaban J connectivity index is 3.02. The molecule has 0 aliphatic rings. The number of amides is 1. The third-order valence-electron chi connectivity index (χ3n) is 1.90. The van der Waals surface area contributed by atoms with E-state index in [1.165, 1.54) is 6.07 Å². The number of nitrogens with one attached hydrogen (secondary N) is 1. The molecule has 0 atom stereocenters. The van der Waals surface area contributed by atoms with Crippen LogP contribution in [0.1, 0.15) is 12.0 Å². The highest BCUT2D eigenvalue weighted by molar-refractivity contribution is 9.10. The van der Waals surface area contributed by atoms with Crippen LogP contribution in [-0.4, -0.2) is 10.9 Å². The summed E-state index contributed by atoms with van der Waals surface area (Å²) >= 11 is 7.44. The summed E-state index contributed by atoms with van der Waals surface area (Å²) in [5.41, 5.74) is 3.87. The predicted molar refractivity (Wildman–Crippen MR) is 69.2 cm³/mol. The van der Waals surface area contributed by atoms with Gasteiger partial charge in [-0.1, -0.05) is 28.1 Å². The molecule has 0 spiro atoms. The van der Waals surface area contributed by atoms with Crippen LogP contribution in [0, 0.1) is 0 Å². The maximum absolute atomic E-state index is 12.7. The van der Waals surface area contributed by atoms with E-state index in [1.54, 1.807) is 0 Å². The minimum absolute atomic E-state index is 0.0850. The standard InChI is InChI=1S/C10H8BrF3N2OS/c11-5-1-2-7(6(3-5)10(12,13)14)16-9(17)4-8(15)18/h1-3H,4H2,(H2,15,18)(H,16,17). The van der Waals surface area contributed by atoms with Crippen molar-refractivity contribution in [3.63, 3.8) is 0 Å². The van der Waals surface area contributed by atoms with Gasteiger partial charge in [0.05, 0.1) is 22.7 Å². The molecule has 0 heterocycles. The lowest BCUT2D eigenvalue weighted by Crippen LogP contribution is -2.21. The minimum atomic E-state index is -4.56. The third kappa shape index (κ3) is 4.26. The lowest BCUT2D eigenvalue weighted by Gasteiger charge is -2.14. The van der Waals surface area contributed by atoms with Gasteiger partial charge in [0, 0.05) is 4.47 Å². The summed E-state index contributed by atoms with van der Waals surface area (Å²) in [6, 6.07) is 3.44. The Morgan fingerprint density at radius 3 is 2.56 bits per heavy atom. The molecule has 0 bridgehead atoms. The van der Waals surface area contributed by atoms with Gasteiger partial charge in [0.25, 0.3) is 0 Å². The summed E-state index contributed by atoms with van der Waals surface area (Å²) in [5, 5.41) is 2.13. The summed E-state index contributed by atoms with van der Waals surface area (Å²) in [6.07, 6.45) is -4.86. The number of thiocarbonyl (C=S) groups is 1. The van der Waals surface area contributed by atoms with Crippen LogP contribution in [0.25, 0.3) is 0 Å². The molecule has 0 aliphatic heterocycles. The van der Waals surface area contributed by atoms with Gasteiger partial charge < -0.3 is 11.1 Å². The van der Waals surface area contributed by atoms with Gasteiger partial charge in [0.15, 0.2) is 0 Å². The van der Waals surface area contributed by atoms with Gasteiger partial charge in [0.1, 0.15) is 0 Å². The monoisotopic (exact) mass is 340 g/mol. The zero-order chi connectivity index (χ0) is 13.9. The van der Waals surface area contributed by atoms with Gasteiger partial charge >= 0.3 is 6.18 Å². The Hall–Kier alpha value is -1.15. The smallest absolute Gasteiger partial charge is 0.393 e. The number of anilines is 1. The molecule has 1 amide bonds. The summed E-state index contributed by atoms with van der Waals surface area (Å²) in [4.78, 5) is 11.2. The largest absolute Gasteiger partial charge is 0.418 e. The molecule has 1 aromatic carbocycles. The van der Waals surface area contributed by atoms with E-state index >= 15 is 0 Å². The first kappa shape index (κ1) is 14.9. The summed E-state index contributed by atoms with van der Waals surface area (Å²) in [6.45, 7) is 0.